The number of aromatic nitrogens is 2. The summed E-state index contributed by atoms with van der Waals surface area (Å²) in [6, 6.07) is 9.28. The summed E-state index contributed by atoms with van der Waals surface area (Å²) in [5.74, 6) is -0.0684. The Morgan fingerprint density at radius 3 is 2.60 bits per heavy atom. The van der Waals surface area contributed by atoms with Gasteiger partial charge in [0.15, 0.2) is 0 Å². The molecule has 1 amide bonds. The molecule has 0 aliphatic carbocycles. The van der Waals surface area contributed by atoms with E-state index in [-0.39, 0.29) is 5.91 Å². The first-order chi connectivity index (χ1) is 9.81. The zero-order valence-electron chi connectivity index (χ0n) is 11.7. The molecule has 0 saturated heterocycles. The van der Waals surface area contributed by atoms with Crippen LogP contribution in [0.25, 0.3) is 11.4 Å². The van der Waals surface area contributed by atoms with Gasteiger partial charge in [-0.25, -0.2) is 0 Å². The van der Waals surface area contributed by atoms with Gasteiger partial charge in [0, 0.05) is 18.9 Å². The van der Waals surface area contributed by atoms with E-state index >= 15 is 0 Å². The summed E-state index contributed by atoms with van der Waals surface area (Å²) in [7, 11) is 0. The predicted octanol–water partition coefficient (Wildman–Crippen LogP) is 3.06. The van der Waals surface area contributed by atoms with Gasteiger partial charge in [0.25, 0.3) is 5.91 Å². The molecule has 0 saturated carbocycles. The topological polar surface area (TPSA) is 54.9 Å². The van der Waals surface area contributed by atoms with Crippen LogP contribution in [0.2, 0.25) is 0 Å². The summed E-state index contributed by atoms with van der Waals surface area (Å²) in [4.78, 5) is 20.4. The van der Waals surface area contributed by atoms with E-state index in [1.807, 2.05) is 24.3 Å². The fourth-order valence-corrected chi connectivity index (χ4v) is 1.87. The Morgan fingerprint density at radius 1 is 1.10 bits per heavy atom. The predicted molar refractivity (Wildman–Crippen MR) is 79.3 cm³/mol. The Hall–Kier alpha value is -2.23. The minimum Gasteiger partial charge on any atom is -0.352 e. The number of rotatable bonds is 6. The number of hydrogen-bond acceptors (Lipinski definition) is 3. The smallest absolute Gasteiger partial charge is 0.252 e. The molecule has 2 heterocycles. The zero-order chi connectivity index (χ0) is 14.2. The van der Waals surface area contributed by atoms with Crippen LogP contribution >= 0.6 is 0 Å². The second-order valence-electron chi connectivity index (χ2n) is 4.61. The maximum absolute atomic E-state index is 11.9. The summed E-state index contributed by atoms with van der Waals surface area (Å²) in [6.45, 7) is 2.86. The van der Waals surface area contributed by atoms with Crippen molar-refractivity contribution in [3.05, 3.63) is 48.3 Å². The highest BCUT2D eigenvalue weighted by Crippen LogP contribution is 2.13. The highest BCUT2D eigenvalue weighted by atomic mass is 16.1. The molecule has 0 unspecified atom stereocenters. The Bertz CT molecular complexity index is 537. The Labute approximate surface area is 119 Å². The summed E-state index contributed by atoms with van der Waals surface area (Å²) >= 11 is 0. The van der Waals surface area contributed by atoms with Gasteiger partial charge in [-0.3, -0.25) is 14.8 Å². The fraction of sp³-hybridized carbons (Fsp3) is 0.312. The van der Waals surface area contributed by atoms with E-state index in [1.165, 1.54) is 0 Å². The maximum Gasteiger partial charge on any atom is 0.252 e. The Morgan fingerprint density at radius 2 is 1.95 bits per heavy atom. The van der Waals surface area contributed by atoms with Crippen LogP contribution in [-0.2, 0) is 0 Å². The largest absolute Gasteiger partial charge is 0.352 e. The third-order valence-electron chi connectivity index (χ3n) is 3.02. The molecule has 2 rings (SSSR count). The standard InChI is InChI=1S/C16H19N3O/c1-2-3-5-11-18-16(20)13-8-9-15(19-12-13)14-7-4-6-10-17-14/h4,6-10,12H,2-3,5,11H2,1H3,(H,18,20). The first kappa shape index (κ1) is 14.2. The average Bonchev–Trinajstić information content (AvgIpc) is 2.52. The molecule has 0 bridgehead atoms. The highest BCUT2D eigenvalue weighted by Gasteiger charge is 2.06. The van der Waals surface area contributed by atoms with Crippen LogP contribution in [-0.4, -0.2) is 22.4 Å². The van der Waals surface area contributed by atoms with Gasteiger partial charge in [0.05, 0.1) is 17.0 Å². The van der Waals surface area contributed by atoms with Crippen LogP contribution in [0.3, 0.4) is 0 Å². The number of pyridine rings is 2. The lowest BCUT2D eigenvalue weighted by Crippen LogP contribution is -2.24. The number of carbonyl (C=O) groups is 1. The lowest BCUT2D eigenvalue weighted by atomic mass is 10.2. The van der Waals surface area contributed by atoms with E-state index in [2.05, 4.69) is 22.2 Å². The minimum atomic E-state index is -0.0684. The first-order valence-corrected chi connectivity index (χ1v) is 6.97. The molecule has 0 atom stereocenters. The highest BCUT2D eigenvalue weighted by molar-refractivity contribution is 5.94. The molecule has 4 heteroatoms. The van der Waals surface area contributed by atoms with Crippen molar-refractivity contribution in [3.63, 3.8) is 0 Å². The minimum absolute atomic E-state index is 0.0684. The van der Waals surface area contributed by atoms with E-state index < -0.39 is 0 Å². The summed E-state index contributed by atoms with van der Waals surface area (Å²) in [6.07, 6.45) is 6.62. The summed E-state index contributed by atoms with van der Waals surface area (Å²) < 4.78 is 0. The molecule has 1 N–H and O–H groups in total. The third-order valence-corrected chi connectivity index (χ3v) is 3.02. The molecule has 0 aromatic carbocycles. The van der Waals surface area contributed by atoms with Crippen molar-refractivity contribution < 1.29 is 4.79 Å². The van der Waals surface area contributed by atoms with Crippen molar-refractivity contribution in [2.24, 2.45) is 0 Å². The van der Waals surface area contributed by atoms with Gasteiger partial charge in [-0.1, -0.05) is 25.8 Å². The Kier molecular flexibility index (Phi) is 5.24. The second kappa shape index (κ2) is 7.38. The number of carbonyl (C=O) groups excluding carboxylic acids is 1. The molecule has 0 aliphatic heterocycles. The van der Waals surface area contributed by atoms with Crippen LogP contribution in [0.15, 0.2) is 42.7 Å². The van der Waals surface area contributed by atoms with Crippen LogP contribution in [0.4, 0.5) is 0 Å². The van der Waals surface area contributed by atoms with Gasteiger partial charge < -0.3 is 5.32 Å². The number of hydrogen-bond donors (Lipinski definition) is 1. The van der Waals surface area contributed by atoms with E-state index in [1.54, 1.807) is 18.5 Å². The number of amides is 1. The molecule has 20 heavy (non-hydrogen) atoms. The van der Waals surface area contributed by atoms with Gasteiger partial charge in [-0.05, 0) is 30.7 Å². The monoisotopic (exact) mass is 269 g/mol. The molecule has 104 valence electrons. The van der Waals surface area contributed by atoms with Crippen molar-refractivity contribution in [3.8, 4) is 11.4 Å². The van der Waals surface area contributed by atoms with Crippen molar-refractivity contribution in [1.29, 1.82) is 0 Å². The third kappa shape index (κ3) is 3.88. The maximum atomic E-state index is 11.9. The van der Waals surface area contributed by atoms with Crippen LogP contribution in [0.5, 0.6) is 0 Å². The van der Waals surface area contributed by atoms with Gasteiger partial charge in [0.2, 0.25) is 0 Å². The molecule has 0 radical (unpaired) electrons. The normalized spacial score (nSPS) is 10.2. The van der Waals surface area contributed by atoms with Gasteiger partial charge in [0.1, 0.15) is 0 Å². The van der Waals surface area contributed by atoms with Gasteiger partial charge >= 0.3 is 0 Å². The van der Waals surface area contributed by atoms with Crippen LogP contribution in [0.1, 0.15) is 36.5 Å². The molecular formula is C16H19N3O. The number of unbranched alkanes of at least 4 members (excludes halogenated alkanes) is 2. The lowest BCUT2D eigenvalue weighted by Gasteiger charge is -2.05. The molecule has 4 nitrogen and oxygen atoms in total. The van der Waals surface area contributed by atoms with Crippen molar-refractivity contribution in [2.45, 2.75) is 26.2 Å². The second-order valence-corrected chi connectivity index (χ2v) is 4.61. The molecule has 2 aromatic rings. The van der Waals surface area contributed by atoms with Gasteiger partial charge in [-0.2, -0.15) is 0 Å². The summed E-state index contributed by atoms with van der Waals surface area (Å²) in [5, 5.41) is 2.90. The van der Waals surface area contributed by atoms with Crippen molar-refractivity contribution in [2.75, 3.05) is 6.54 Å². The van der Waals surface area contributed by atoms with Crippen molar-refractivity contribution >= 4 is 5.91 Å². The average molecular weight is 269 g/mol. The van der Waals surface area contributed by atoms with Gasteiger partial charge in [-0.15, -0.1) is 0 Å². The summed E-state index contributed by atoms with van der Waals surface area (Å²) in [5.41, 5.74) is 2.16. The Balaban J connectivity index is 1.96. The quantitative estimate of drug-likeness (QED) is 0.820. The number of nitrogens with one attached hydrogen (secondary N) is 1. The molecule has 0 aliphatic rings. The molecule has 0 fully saturated rings. The van der Waals surface area contributed by atoms with Crippen LogP contribution < -0.4 is 5.32 Å². The molecule has 2 aromatic heterocycles. The SMILES string of the molecule is CCCCCNC(=O)c1ccc(-c2ccccn2)nc1. The number of nitrogens with zero attached hydrogens (tertiary/aromatic N) is 2. The zero-order valence-corrected chi connectivity index (χ0v) is 11.7. The first-order valence-electron chi connectivity index (χ1n) is 6.97. The van der Waals surface area contributed by atoms with Crippen LogP contribution in [0, 0.1) is 0 Å². The fourth-order valence-electron chi connectivity index (χ4n) is 1.87. The molecule has 0 spiro atoms. The van der Waals surface area contributed by atoms with E-state index in [9.17, 15) is 4.79 Å². The van der Waals surface area contributed by atoms with E-state index in [0.717, 1.165) is 30.7 Å². The lowest BCUT2D eigenvalue weighted by molar-refractivity contribution is 0.0952. The van der Waals surface area contributed by atoms with E-state index in [0.29, 0.717) is 12.1 Å². The van der Waals surface area contributed by atoms with E-state index in [4.69, 9.17) is 0 Å². The van der Waals surface area contributed by atoms with Crippen molar-refractivity contribution in [1.82, 2.24) is 15.3 Å². The molecular weight excluding hydrogens is 250 g/mol.